The zero-order valence-corrected chi connectivity index (χ0v) is 10.0. The lowest BCUT2D eigenvalue weighted by atomic mass is 10.1. The summed E-state index contributed by atoms with van der Waals surface area (Å²) < 4.78 is 51.9. The SMILES string of the molecule is O=C(/C=C/c1cc(F)ccc1F)c1ccc(F)c(F)c1. The normalized spacial score (nSPS) is 11.0. The van der Waals surface area contributed by atoms with Gasteiger partial charge in [0, 0.05) is 11.1 Å². The van der Waals surface area contributed by atoms with Crippen LogP contribution >= 0.6 is 0 Å². The molecule has 0 bridgehead atoms. The second-order valence-electron chi connectivity index (χ2n) is 3.99. The van der Waals surface area contributed by atoms with E-state index in [4.69, 9.17) is 0 Å². The van der Waals surface area contributed by atoms with Gasteiger partial charge >= 0.3 is 0 Å². The molecule has 0 unspecified atom stereocenters. The number of rotatable bonds is 3. The summed E-state index contributed by atoms with van der Waals surface area (Å²) in [6.45, 7) is 0. The minimum atomic E-state index is -1.15. The van der Waals surface area contributed by atoms with Gasteiger partial charge < -0.3 is 0 Å². The maximum Gasteiger partial charge on any atom is 0.185 e. The summed E-state index contributed by atoms with van der Waals surface area (Å²) in [5.41, 5.74) is -0.196. The predicted molar refractivity (Wildman–Crippen MR) is 66.1 cm³/mol. The average Bonchev–Trinajstić information content (AvgIpc) is 2.42. The number of carbonyl (C=O) groups excluding carboxylic acids is 1. The molecule has 0 saturated carbocycles. The molecule has 0 saturated heterocycles. The van der Waals surface area contributed by atoms with Crippen LogP contribution in [0.3, 0.4) is 0 Å². The maximum absolute atomic E-state index is 13.3. The Bertz CT molecular complexity index is 692. The maximum atomic E-state index is 13.3. The minimum Gasteiger partial charge on any atom is -0.289 e. The number of hydrogen-bond acceptors (Lipinski definition) is 1. The van der Waals surface area contributed by atoms with Gasteiger partial charge in [-0.1, -0.05) is 0 Å². The van der Waals surface area contributed by atoms with Crippen molar-refractivity contribution in [1.29, 1.82) is 0 Å². The second-order valence-corrected chi connectivity index (χ2v) is 3.99. The fourth-order valence-electron chi connectivity index (χ4n) is 1.55. The van der Waals surface area contributed by atoms with Gasteiger partial charge in [0.1, 0.15) is 11.6 Å². The summed E-state index contributed by atoms with van der Waals surface area (Å²) >= 11 is 0. The van der Waals surface area contributed by atoms with Crippen LogP contribution in [0, 0.1) is 23.3 Å². The van der Waals surface area contributed by atoms with Crippen LogP contribution in [0.1, 0.15) is 15.9 Å². The van der Waals surface area contributed by atoms with E-state index in [1.807, 2.05) is 0 Å². The smallest absolute Gasteiger partial charge is 0.185 e. The van der Waals surface area contributed by atoms with E-state index in [1.165, 1.54) is 0 Å². The van der Waals surface area contributed by atoms with E-state index < -0.39 is 29.1 Å². The summed E-state index contributed by atoms with van der Waals surface area (Å²) in [5.74, 6) is -4.21. The van der Waals surface area contributed by atoms with Gasteiger partial charge in [0.15, 0.2) is 17.4 Å². The van der Waals surface area contributed by atoms with Crippen molar-refractivity contribution in [3.05, 3.63) is 76.9 Å². The summed E-state index contributed by atoms with van der Waals surface area (Å²) in [7, 11) is 0. The Kier molecular flexibility index (Phi) is 3.98. The Morgan fingerprint density at radius 1 is 0.850 bits per heavy atom. The number of allylic oxidation sites excluding steroid dienone is 1. The van der Waals surface area contributed by atoms with E-state index >= 15 is 0 Å². The number of hydrogen-bond donors (Lipinski definition) is 0. The molecule has 0 radical (unpaired) electrons. The molecule has 0 fully saturated rings. The molecule has 2 aromatic rings. The summed E-state index contributed by atoms with van der Waals surface area (Å²) in [6.07, 6.45) is 2.03. The Hall–Kier alpha value is -2.43. The zero-order chi connectivity index (χ0) is 14.7. The quantitative estimate of drug-likeness (QED) is 0.469. The van der Waals surface area contributed by atoms with Crippen molar-refractivity contribution in [2.75, 3.05) is 0 Å². The van der Waals surface area contributed by atoms with E-state index in [1.54, 1.807) is 0 Å². The molecule has 0 atom stereocenters. The Balaban J connectivity index is 2.24. The third-order valence-corrected chi connectivity index (χ3v) is 2.58. The molecular formula is C15H8F4O. The molecule has 0 amide bonds. The van der Waals surface area contributed by atoms with Crippen LogP contribution in [0.2, 0.25) is 0 Å². The lowest BCUT2D eigenvalue weighted by Crippen LogP contribution is -1.97. The van der Waals surface area contributed by atoms with Crippen molar-refractivity contribution < 1.29 is 22.4 Å². The van der Waals surface area contributed by atoms with Crippen LogP contribution in [0.5, 0.6) is 0 Å². The van der Waals surface area contributed by atoms with E-state index in [2.05, 4.69) is 0 Å². The highest BCUT2D eigenvalue weighted by atomic mass is 19.2. The van der Waals surface area contributed by atoms with E-state index in [-0.39, 0.29) is 11.1 Å². The largest absolute Gasteiger partial charge is 0.289 e. The standard InChI is InChI=1S/C15H8F4O/c16-11-3-5-12(17)9(7-11)2-6-15(20)10-1-4-13(18)14(19)8-10/h1-8H/b6-2+. The van der Waals surface area contributed by atoms with Crippen LogP contribution in [0.15, 0.2) is 42.5 Å². The molecule has 0 aliphatic heterocycles. The molecule has 0 aliphatic carbocycles. The highest BCUT2D eigenvalue weighted by molar-refractivity contribution is 6.06. The van der Waals surface area contributed by atoms with Crippen molar-refractivity contribution in [1.82, 2.24) is 0 Å². The Morgan fingerprint density at radius 3 is 2.25 bits per heavy atom. The molecule has 2 aromatic carbocycles. The van der Waals surface area contributed by atoms with E-state index in [0.717, 1.165) is 48.6 Å². The first-order chi connectivity index (χ1) is 9.47. The molecule has 5 heteroatoms. The lowest BCUT2D eigenvalue weighted by molar-refractivity contribution is 0.104. The third kappa shape index (κ3) is 3.12. The van der Waals surface area contributed by atoms with Gasteiger partial charge in [0.2, 0.25) is 0 Å². The van der Waals surface area contributed by atoms with Gasteiger partial charge in [0.25, 0.3) is 0 Å². The summed E-state index contributed by atoms with van der Waals surface area (Å²) in [5, 5.41) is 0. The van der Waals surface area contributed by atoms with Gasteiger partial charge in [0.05, 0.1) is 0 Å². The molecule has 2 rings (SSSR count). The number of benzene rings is 2. The van der Waals surface area contributed by atoms with Crippen molar-refractivity contribution in [2.24, 2.45) is 0 Å². The number of carbonyl (C=O) groups is 1. The first kappa shape index (κ1) is 14.0. The fraction of sp³-hybridized carbons (Fsp3) is 0. The zero-order valence-electron chi connectivity index (χ0n) is 10.0. The predicted octanol–water partition coefficient (Wildman–Crippen LogP) is 4.14. The van der Waals surface area contributed by atoms with Gasteiger partial charge in [-0.3, -0.25) is 4.79 Å². The van der Waals surface area contributed by atoms with Crippen LogP contribution in [-0.4, -0.2) is 5.78 Å². The molecular weight excluding hydrogens is 272 g/mol. The molecule has 102 valence electrons. The lowest BCUT2D eigenvalue weighted by Gasteiger charge is -1.99. The molecule has 20 heavy (non-hydrogen) atoms. The van der Waals surface area contributed by atoms with Crippen LogP contribution in [-0.2, 0) is 0 Å². The van der Waals surface area contributed by atoms with Gasteiger partial charge in [-0.15, -0.1) is 0 Å². The number of ketones is 1. The topological polar surface area (TPSA) is 17.1 Å². The van der Waals surface area contributed by atoms with E-state index in [9.17, 15) is 22.4 Å². The summed E-state index contributed by atoms with van der Waals surface area (Å²) in [4.78, 5) is 11.7. The van der Waals surface area contributed by atoms with Crippen molar-refractivity contribution in [3.8, 4) is 0 Å². The van der Waals surface area contributed by atoms with E-state index in [0.29, 0.717) is 0 Å². The average molecular weight is 280 g/mol. The van der Waals surface area contributed by atoms with Crippen LogP contribution < -0.4 is 0 Å². The first-order valence-corrected chi connectivity index (χ1v) is 5.60. The highest BCUT2D eigenvalue weighted by Crippen LogP contribution is 2.13. The molecule has 0 aromatic heterocycles. The number of halogens is 4. The van der Waals surface area contributed by atoms with Crippen molar-refractivity contribution >= 4 is 11.9 Å². The molecule has 0 spiro atoms. The van der Waals surface area contributed by atoms with Gasteiger partial charge in [-0.05, 0) is 48.6 Å². The molecule has 0 N–H and O–H groups in total. The van der Waals surface area contributed by atoms with Gasteiger partial charge in [-0.2, -0.15) is 0 Å². The van der Waals surface area contributed by atoms with Crippen molar-refractivity contribution in [3.63, 3.8) is 0 Å². The minimum absolute atomic E-state index is 0.0861. The monoisotopic (exact) mass is 280 g/mol. The molecule has 0 heterocycles. The van der Waals surface area contributed by atoms with Gasteiger partial charge in [-0.25, -0.2) is 17.6 Å². The molecule has 1 nitrogen and oxygen atoms in total. The third-order valence-electron chi connectivity index (χ3n) is 2.58. The molecule has 0 aliphatic rings. The Morgan fingerprint density at radius 2 is 1.55 bits per heavy atom. The highest BCUT2D eigenvalue weighted by Gasteiger charge is 2.08. The van der Waals surface area contributed by atoms with Crippen LogP contribution in [0.25, 0.3) is 6.08 Å². The fourth-order valence-corrected chi connectivity index (χ4v) is 1.55. The first-order valence-electron chi connectivity index (χ1n) is 5.60. The Labute approximate surface area is 112 Å². The van der Waals surface area contributed by atoms with Crippen molar-refractivity contribution in [2.45, 2.75) is 0 Å². The second kappa shape index (κ2) is 5.69. The van der Waals surface area contributed by atoms with Crippen LogP contribution in [0.4, 0.5) is 17.6 Å². The summed E-state index contributed by atoms with van der Waals surface area (Å²) in [6, 6.07) is 5.46.